The Morgan fingerprint density at radius 3 is 1.98 bits per heavy atom. The van der Waals surface area contributed by atoms with Gasteiger partial charge in [-0.05, 0) is 54.0 Å². The van der Waals surface area contributed by atoms with Crippen molar-refractivity contribution in [2.45, 2.75) is 6.92 Å². The third-order valence-corrected chi connectivity index (χ3v) is 8.85. The van der Waals surface area contributed by atoms with Crippen molar-refractivity contribution in [3.05, 3.63) is 188 Å². The van der Waals surface area contributed by atoms with Crippen molar-refractivity contribution in [1.29, 1.82) is 0 Å². The van der Waals surface area contributed by atoms with Crippen molar-refractivity contribution < 1.29 is 0 Å². The third kappa shape index (κ3) is 6.22. The van der Waals surface area contributed by atoms with Crippen molar-refractivity contribution >= 4 is 44.3 Å². The zero-order valence-electron chi connectivity index (χ0n) is 28.1. The summed E-state index contributed by atoms with van der Waals surface area (Å²) in [7, 11) is 0. The molecular formula is C45H34N6. The van der Waals surface area contributed by atoms with Gasteiger partial charge in [-0.3, -0.25) is 9.55 Å². The Kier molecular flexibility index (Phi) is 8.55. The number of benzene rings is 5. The minimum absolute atomic E-state index is 0.548. The van der Waals surface area contributed by atoms with Crippen molar-refractivity contribution in [2.75, 3.05) is 5.32 Å². The summed E-state index contributed by atoms with van der Waals surface area (Å²) >= 11 is 0. The van der Waals surface area contributed by atoms with Gasteiger partial charge in [-0.1, -0.05) is 134 Å². The quantitative estimate of drug-likeness (QED) is 0.156. The Morgan fingerprint density at radius 1 is 0.667 bits per heavy atom. The van der Waals surface area contributed by atoms with Crippen LogP contribution in [0.4, 0.5) is 11.4 Å². The predicted molar refractivity (Wildman–Crippen MR) is 211 cm³/mol. The Morgan fingerprint density at radius 2 is 1.29 bits per heavy atom. The Labute approximate surface area is 296 Å². The van der Waals surface area contributed by atoms with Gasteiger partial charge in [-0.2, -0.15) is 9.97 Å². The van der Waals surface area contributed by atoms with Gasteiger partial charge in [0.2, 0.25) is 5.95 Å². The van der Waals surface area contributed by atoms with E-state index in [-0.39, 0.29) is 0 Å². The maximum Gasteiger partial charge on any atom is 0.238 e. The fraction of sp³-hybridized carbons (Fsp3) is 0.0222. The number of fused-ring (bicyclic) bond motifs is 3. The molecule has 0 aliphatic heterocycles. The van der Waals surface area contributed by atoms with Crippen LogP contribution in [0.15, 0.2) is 177 Å². The number of rotatable bonds is 9. The molecule has 244 valence electrons. The van der Waals surface area contributed by atoms with Crippen molar-refractivity contribution in [3.8, 4) is 28.7 Å². The third-order valence-electron chi connectivity index (χ3n) is 8.85. The van der Waals surface area contributed by atoms with E-state index in [0.29, 0.717) is 17.6 Å². The first-order chi connectivity index (χ1) is 25.2. The number of nitrogens with one attached hydrogen (secondary N) is 1. The summed E-state index contributed by atoms with van der Waals surface area (Å²) in [5, 5.41) is 5.75. The molecule has 5 aromatic carbocycles. The summed E-state index contributed by atoms with van der Waals surface area (Å²) in [4.78, 5) is 19.6. The van der Waals surface area contributed by atoms with Crippen LogP contribution in [0.2, 0.25) is 0 Å². The lowest BCUT2D eigenvalue weighted by molar-refractivity contribution is 0.953. The standard InChI is InChI=1S/C45H34N6/c1-3-4-22-36(31(2)37-27-28-46-30-40(37)47-35-20-12-7-13-21-35)34-25-26-39-38-23-14-15-24-41(38)51(42(39)29-34)45-49-43(32-16-8-5-9-17-32)48-44(50-45)33-18-10-6-11-19-33/h3-30,47H,2H2,1H3/b4-3-,36-22+. The van der Waals surface area contributed by atoms with E-state index in [2.05, 4.69) is 76.1 Å². The van der Waals surface area contributed by atoms with Crippen LogP contribution in [0.25, 0.3) is 61.7 Å². The Hall–Kier alpha value is -6.92. The molecule has 6 nitrogen and oxygen atoms in total. The van der Waals surface area contributed by atoms with E-state index in [4.69, 9.17) is 15.0 Å². The maximum absolute atomic E-state index is 5.11. The SMILES string of the molecule is C=C(/C(=C\C=C/C)c1ccc2c3ccccc3n(-c3nc(-c4ccccc4)nc(-c4ccccc4)n3)c2c1)c1ccncc1Nc1ccccc1. The second-order valence-electron chi connectivity index (χ2n) is 12.1. The predicted octanol–water partition coefficient (Wildman–Crippen LogP) is 11.1. The number of para-hydroxylation sites is 2. The maximum atomic E-state index is 5.11. The van der Waals surface area contributed by atoms with Gasteiger partial charge in [-0.15, -0.1) is 0 Å². The number of hydrogen-bond acceptors (Lipinski definition) is 5. The lowest BCUT2D eigenvalue weighted by Gasteiger charge is -2.17. The fourth-order valence-electron chi connectivity index (χ4n) is 6.39. The molecule has 1 N–H and O–H groups in total. The first-order valence-electron chi connectivity index (χ1n) is 16.9. The molecule has 0 spiro atoms. The first-order valence-corrected chi connectivity index (χ1v) is 16.9. The minimum Gasteiger partial charge on any atom is -0.354 e. The largest absolute Gasteiger partial charge is 0.354 e. The highest BCUT2D eigenvalue weighted by atomic mass is 15.2. The van der Waals surface area contributed by atoms with Crippen LogP contribution in [0.3, 0.4) is 0 Å². The molecule has 0 aliphatic carbocycles. The molecule has 8 rings (SSSR count). The topological polar surface area (TPSA) is 68.5 Å². The summed E-state index contributed by atoms with van der Waals surface area (Å²) < 4.78 is 2.15. The highest BCUT2D eigenvalue weighted by Crippen LogP contribution is 2.38. The second kappa shape index (κ2) is 13.9. The van der Waals surface area contributed by atoms with E-state index in [1.807, 2.05) is 116 Å². The molecule has 0 aliphatic rings. The van der Waals surface area contributed by atoms with Gasteiger partial charge in [0.05, 0.1) is 22.9 Å². The van der Waals surface area contributed by atoms with Gasteiger partial charge in [0.15, 0.2) is 11.6 Å². The molecule has 0 unspecified atom stereocenters. The molecule has 0 atom stereocenters. The zero-order chi connectivity index (χ0) is 34.6. The molecule has 0 saturated heterocycles. The van der Waals surface area contributed by atoms with Gasteiger partial charge in [0.1, 0.15) is 0 Å². The summed E-state index contributed by atoms with van der Waals surface area (Å²) in [6, 6.07) is 47.2. The van der Waals surface area contributed by atoms with Crippen LogP contribution >= 0.6 is 0 Å². The van der Waals surface area contributed by atoms with Crippen LogP contribution in [0, 0.1) is 0 Å². The molecule has 0 saturated carbocycles. The smallest absolute Gasteiger partial charge is 0.238 e. The number of anilines is 2. The van der Waals surface area contributed by atoms with Crippen LogP contribution < -0.4 is 5.32 Å². The van der Waals surface area contributed by atoms with E-state index in [1.165, 1.54) is 0 Å². The Balaban J connectivity index is 1.32. The Bertz CT molecular complexity index is 2510. The lowest BCUT2D eigenvalue weighted by Crippen LogP contribution is -2.06. The lowest BCUT2D eigenvalue weighted by atomic mass is 9.92. The molecule has 3 heterocycles. The molecule has 51 heavy (non-hydrogen) atoms. The van der Waals surface area contributed by atoms with Crippen LogP contribution in [0.5, 0.6) is 0 Å². The number of allylic oxidation sites excluding steroid dienone is 5. The van der Waals surface area contributed by atoms with Crippen LogP contribution in [-0.2, 0) is 0 Å². The minimum atomic E-state index is 0.548. The van der Waals surface area contributed by atoms with Gasteiger partial charge >= 0.3 is 0 Å². The molecule has 3 aromatic heterocycles. The van der Waals surface area contributed by atoms with Crippen LogP contribution in [-0.4, -0.2) is 24.5 Å². The summed E-state index contributed by atoms with van der Waals surface area (Å²) in [5.41, 5.74) is 9.52. The summed E-state index contributed by atoms with van der Waals surface area (Å²) in [6.07, 6.45) is 9.85. The van der Waals surface area contributed by atoms with E-state index in [0.717, 1.165) is 66.6 Å². The average molecular weight is 659 g/mol. The molecule has 6 heteroatoms. The van der Waals surface area contributed by atoms with Crippen LogP contribution in [0.1, 0.15) is 18.1 Å². The van der Waals surface area contributed by atoms with Gasteiger partial charge in [0, 0.05) is 39.3 Å². The summed E-state index contributed by atoms with van der Waals surface area (Å²) in [6.45, 7) is 6.66. The van der Waals surface area contributed by atoms with E-state index < -0.39 is 0 Å². The summed E-state index contributed by atoms with van der Waals surface area (Å²) in [5.74, 6) is 1.77. The highest BCUT2D eigenvalue weighted by Gasteiger charge is 2.20. The molecule has 8 aromatic rings. The first kappa shape index (κ1) is 31.4. The monoisotopic (exact) mass is 658 g/mol. The number of aromatic nitrogens is 5. The van der Waals surface area contributed by atoms with Crippen molar-refractivity contribution in [1.82, 2.24) is 24.5 Å². The molecule has 0 radical (unpaired) electrons. The van der Waals surface area contributed by atoms with Crippen molar-refractivity contribution in [2.24, 2.45) is 0 Å². The molecule has 0 fully saturated rings. The number of nitrogens with zero attached hydrogens (tertiary/aromatic N) is 5. The second-order valence-corrected chi connectivity index (χ2v) is 12.1. The van der Waals surface area contributed by atoms with Crippen molar-refractivity contribution in [3.63, 3.8) is 0 Å². The van der Waals surface area contributed by atoms with E-state index in [1.54, 1.807) is 6.20 Å². The fourth-order valence-corrected chi connectivity index (χ4v) is 6.39. The number of hydrogen-bond donors (Lipinski definition) is 1. The average Bonchev–Trinajstić information content (AvgIpc) is 3.53. The van der Waals surface area contributed by atoms with Gasteiger partial charge in [-0.25, -0.2) is 4.98 Å². The highest BCUT2D eigenvalue weighted by molar-refractivity contribution is 6.12. The zero-order valence-corrected chi connectivity index (χ0v) is 28.1. The van der Waals surface area contributed by atoms with E-state index >= 15 is 0 Å². The molecule has 0 amide bonds. The molecular weight excluding hydrogens is 625 g/mol. The van der Waals surface area contributed by atoms with Gasteiger partial charge in [0.25, 0.3) is 0 Å². The normalized spacial score (nSPS) is 11.7. The van der Waals surface area contributed by atoms with E-state index in [9.17, 15) is 0 Å². The molecule has 0 bridgehead atoms. The number of pyridine rings is 1. The van der Waals surface area contributed by atoms with Gasteiger partial charge < -0.3 is 5.32 Å².